The molecule has 1 saturated carbocycles. The normalized spacial score (nSPS) is 24.3. The first-order valence-corrected chi connectivity index (χ1v) is 8.31. The van der Waals surface area contributed by atoms with Gasteiger partial charge in [0.2, 0.25) is 5.91 Å². The zero-order valence-electron chi connectivity index (χ0n) is 12.8. The van der Waals surface area contributed by atoms with E-state index in [0.29, 0.717) is 31.2 Å². The van der Waals surface area contributed by atoms with Crippen molar-refractivity contribution in [3.8, 4) is 0 Å². The Morgan fingerprint density at radius 3 is 2.68 bits per heavy atom. The zero-order valence-corrected chi connectivity index (χ0v) is 12.8. The molecule has 2 saturated heterocycles. The smallest absolute Gasteiger partial charge is 0.289 e. The lowest BCUT2D eigenvalue weighted by molar-refractivity contribution is -0.132. The maximum absolute atomic E-state index is 12.3. The summed E-state index contributed by atoms with van der Waals surface area (Å²) in [6, 6.07) is 3.46. The van der Waals surface area contributed by atoms with Crippen molar-refractivity contribution in [2.75, 3.05) is 19.6 Å². The highest BCUT2D eigenvalue weighted by atomic mass is 16.3. The molecular formula is C17H22N2O3. The zero-order chi connectivity index (χ0) is 15.2. The van der Waals surface area contributed by atoms with Gasteiger partial charge < -0.3 is 14.2 Å². The first kappa shape index (κ1) is 13.9. The predicted molar refractivity (Wildman–Crippen MR) is 80.2 cm³/mol. The molecule has 118 valence electrons. The summed E-state index contributed by atoms with van der Waals surface area (Å²) in [5.74, 6) is 1.42. The summed E-state index contributed by atoms with van der Waals surface area (Å²) in [7, 11) is 0. The second-order valence-electron chi connectivity index (χ2n) is 6.94. The largest absolute Gasteiger partial charge is 0.459 e. The van der Waals surface area contributed by atoms with E-state index in [4.69, 9.17) is 4.42 Å². The molecule has 0 atom stereocenters. The molecule has 3 aliphatic rings. The van der Waals surface area contributed by atoms with E-state index in [0.717, 1.165) is 31.7 Å². The number of furan rings is 1. The van der Waals surface area contributed by atoms with Gasteiger partial charge in [-0.3, -0.25) is 9.59 Å². The Bertz CT molecular complexity index is 569. The average Bonchev–Trinajstić information content (AvgIpc) is 3.10. The van der Waals surface area contributed by atoms with Gasteiger partial charge in [0.1, 0.15) is 0 Å². The third kappa shape index (κ3) is 2.32. The topological polar surface area (TPSA) is 53.8 Å². The van der Waals surface area contributed by atoms with Crippen molar-refractivity contribution in [2.45, 2.75) is 44.1 Å². The van der Waals surface area contributed by atoms with Crippen LogP contribution in [0.5, 0.6) is 0 Å². The third-order valence-corrected chi connectivity index (χ3v) is 5.53. The molecule has 1 aromatic heterocycles. The van der Waals surface area contributed by atoms with Gasteiger partial charge in [0, 0.05) is 31.6 Å². The molecule has 22 heavy (non-hydrogen) atoms. The fourth-order valence-corrected chi connectivity index (χ4v) is 3.93. The van der Waals surface area contributed by atoms with Crippen molar-refractivity contribution in [3.05, 3.63) is 24.2 Å². The number of likely N-dealkylation sites (tertiary alicyclic amines) is 2. The maximum Gasteiger partial charge on any atom is 0.289 e. The van der Waals surface area contributed by atoms with E-state index in [2.05, 4.69) is 4.90 Å². The van der Waals surface area contributed by atoms with E-state index in [1.165, 1.54) is 19.1 Å². The molecule has 3 heterocycles. The van der Waals surface area contributed by atoms with E-state index in [-0.39, 0.29) is 11.4 Å². The van der Waals surface area contributed by atoms with Crippen LogP contribution in [0, 0.1) is 5.92 Å². The molecular weight excluding hydrogens is 280 g/mol. The second kappa shape index (κ2) is 5.14. The van der Waals surface area contributed by atoms with Crippen LogP contribution in [0.25, 0.3) is 0 Å². The molecule has 5 nitrogen and oxygen atoms in total. The number of rotatable bonds is 3. The molecule has 1 aliphatic carbocycles. The fourth-order valence-electron chi connectivity index (χ4n) is 3.93. The fraction of sp³-hybridized carbons (Fsp3) is 0.647. The summed E-state index contributed by atoms with van der Waals surface area (Å²) in [6.07, 6.45) is 7.51. The third-order valence-electron chi connectivity index (χ3n) is 5.53. The maximum atomic E-state index is 12.3. The van der Waals surface area contributed by atoms with Crippen molar-refractivity contribution in [2.24, 2.45) is 5.92 Å². The summed E-state index contributed by atoms with van der Waals surface area (Å²) < 4.78 is 5.21. The molecule has 0 bridgehead atoms. The molecule has 4 rings (SSSR count). The minimum atomic E-state index is -0.0297. The van der Waals surface area contributed by atoms with Crippen LogP contribution in [-0.4, -0.2) is 46.8 Å². The van der Waals surface area contributed by atoms with Crippen LogP contribution in [0.2, 0.25) is 0 Å². The number of hydrogen-bond acceptors (Lipinski definition) is 3. The summed E-state index contributed by atoms with van der Waals surface area (Å²) in [6.45, 7) is 2.37. The van der Waals surface area contributed by atoms with Crippen LogP contribution in [0.1, 0.15) is 49.1 Å². The van der Waals surface area contributed by atoms with Gasteiger partial charge in [-0.2, -0.15) is 0 Å². The minimum absolute atomic E-state index is 0.0135. The highest BCUT2D eigenvalue weighted by molar-refractivity contribution is 5.91. The summed E-state index contributed by atoms with van der Waals surface area (Å²) in [4.78, 5) is 28.6. The number of amides is 2. The van der Waals surface area contributed by atoms with Crippen LogP contribution in [0.4, 0.5) is 0 Å². The van der Waals surface area contributed by atoms with Crippen LogP contribution < -0.4 is 0 Å². The van der Waals surface area contributed by atoms with Crippen molar-refractivity contribution >= 4 is 11.8 Å². The number of hydrogen-bond donors (Lipinski definition) is 0. The van der Waals surface area contributed by atoms with E-state index >= 15 is 0 Å². The van der Waals surface area contributed by atoms with Gasteiger partial charge in [0.15, 0.2) is 5.76 Å². The second-order valence-corrected chi connectivity index (χ2v) is 6.94. The van der Waals surface area contributed by atoms with Gasteiger partial charge in [-0.1, -0.05) is 0 Å². The lowest BCUT2D eigenvalue weighted by Gasteiger charge is -2.45. The molecule has 0 aromatic carbocycles. The van der Waals surface area contributed by atoms with Crippen LogP contribution in [0.3, 0.4) is 0 Å². The Balaban J connectivity index is 1.44. The summed E-state index contributed by atoms with van der Waals surface area (Å²) in [5, 5.41) is 0. The number of carbonyl (C=O) groups excluding carboxylic acids is 2. The summed E-state index contributed by atoms with van der Waals surface area (Å²) in [5.41, 5.74) is 0.0135. The van der Waals surface area contributed by atoms with E-state index < -0.39 is 0 Å². The molecule has 0 unspecified atom stereocenters. The van der Waals surface area contributed by atoms with Gasteiger partial charge in [0.25, 0.3) is 5.91 Å². The SMILES string of the molecule is O=C(c1ccco1)N1CCC2(CCC(=O)N2CC2CC2)CC1. The first-order chi connectivity index (χ1) is 10.7. The Hall–Kier alpha value is -1.78. The van der Waals surface area contributed by atoms with Crippen LogP contribution >= 0.6 is 0 Å². The Kier molecular flexibility index (Phi) is 3.24. The number of carbonyl (C=O) groups is 2. The lowest BCUT2D eigenvalue weighted by atomic mass is 9.84. The summed E-state index contributed by atoms with van der Waals surface area (Å²) >= 11 is 0. The van der Waals surface area contributed by atoms with Crippen LogP contribution in [-0.2, 0) is 4.79 Å². The van der Waals surface area contributed by atoms with Gasteiger partial charge in [-0.25, -0.2) is 0 Å². The van der Waals surface area contributed by atoms with E-state index in [9.17, 15) is 9.59 Å². The highest BCUT2D eigenvalue weighted by Gasteiger charge is 2.48. The lowest BCUT2D eigenvalue weighted by Crippen LogP contribution is -2.54. The van der Waals surface area contributed by atoms with Gasteiger partial charge in [-0.05, 0) is 50.2 Å². The molecule has 1 aromatic rings. The molecule has 2 amide bonds. The van der Waals surface area contributed by atoms with Crippen molar-refractivity contribution < 1.29 is 14.0 Å². The highest BCUT2D eigenvalue weighted by Crippen LogP contribution is 2.42. The molecule has 5 heteroatoms. The molecule has 1 spiro atoms. The van der Waals surface area contributed by atoms with Gasteiger partial charge in [-0.15, -0.1) is 0 Å². The molecule has 0 radical (unpaired) electrons. The minimum Gasteiger partial charge on any atom is -0.459 e. The Morgan fingerprint density at radius 2 is 2.05 bits per heavy atom. The van der Waals surface area contributed by atoms with Gasteiger partial charge >= 0.3 is 0 Å². The van der Waals surface area contributed by atoms with Crippen molar-refractivity contribution in [1.29, 1.82) is 0 Å². The molecule has 3 fully saturated rings. The van der Waals surface area contributed by atoms with Gasteiger partial charge in [0.05, 0.1) is 6.26 Å². The molecule has 0 N–H and O–H groups in total. The first-order valence-electron chi connectivity index (χ1n) is 8.31. The Labute approximate surface area is 130 Å². The average molecular weight is 302 g/mol. The standard InChI is InChI=1S/C17H22N2O3/c20-15-5-6-17(19(15)12-13-3-4-13)7-9-18(10-8-17)16(21)14-2-1-11-22-14/h1-2,11,13H,3-10,12H2. The quantitative estimate of drug-likeness (QED) is 0.861. The van der Waals surface area contributed by atoms with Crippen molar-refractivity contribution in [1.82, 2.24) is 9.80 Å². The monoisotopic (exact) mass is 302 g/mol. The van der Waals surface area contributed by atoms with Crippen LogP contribution in [0.15, 0.2) is 22.8 Å². The number of nitrogens with zero attached hydrogens (tertiary/aromatic N) is 2. The van der Waals surface area contributed by atoms with Crippen molar-refractivity contribution in [3.63, 3.8) is 0 Å². The predicted octanol–water partition coefficient (Wildman–Crippen LogP) is 2.29. The Morgan fingerprint density at radius 1 is 1.27 bits per heavy atom. The number of piperidine rings is 1. The molecule has 2 aliphatic heterocycles. The van der Waals surface area contributed by atoms with E-state index in [1.54, 1.807) is 12.1 Å². The van der Waals surface area contributed by atoms with E-state index in [1.807, 2.05) is 4.90 Å².